The Morgan fingerprint density at radius 2 is 2.00 bits per heavy atom. The van der Waals surface area contributed by atoms with Crippen LogP contribution in [-0.2, 0) is 9.53 Å². The summed E-state index contributed by atoms with van der Waals surface area (Å²) in [6.45, 7) is 5.56. The van der Waals surface area contributed by atoms with Crippen molar-refractivity contribution >= 4 is 50.6 Å². The molecule has 0 fully saturated rings. The van der Waals surface area contributed by atoms with Gasteiger partial charge in [-0.25, -0.2) is 9.78 Å². The van der Waals surface area contributed by atoms with Gasteiger partial charge in [-0.3, -0.25) is 4.79 Å². The van der Waals surface area contributed by atoms with Crippen molar-refractivity contribution in [3.05, 3.63) is 61.6 Å². The maximum atomic E-state index is 13.3. The number of methoxy groups -OCH3 is 2. The molecule has 8 nitrogen and oxygen atoms in total. The first-order valence-corrected chi connectivity index (χ1v) is 11.8. The molecule has 0 saturated heterocycles. The van der Waals surface area contributed by atoms with Crippen LogP contribution in [0.1, 0.15) is 44.5 Å². The lowest BCUT2D eigenvalue weighted by Crippen LogP contribution is -2.25. The van der Waals surface area contributed by atoms with E-state index in [0.29, 0.717) is 28.0 Å². The average Bonchev–Trinajstić information content (AvgIpc) is 2.83. The van der Waals surface area contributed by atoms with Crippen molar-refractivity contribution in [3.8, 4) is 11.5 Å². The number of ether oxygens (including phenoxy) is 3. The lowest BCUT2D eigenvalue weighted by atomic mass is 10.1. The van der Waals surface area contributed by atoms with Crippen molar-refractivity contribution < 1.29 is 19.0 Å². The normalized spacial score (nSPS) is 13.1. The molecule has 0 bridgehead atoms. The van der Waals surface area contributed by atoms with E-state index in [4.69, 9.17) is 26.1 Å². The van der Waals surface area contributed by atoms with E-state index in [1.165, 1.54) is 25.1 Å². The molecule has 10 heteroatoms. The monoisotopic (exact) mass is 549 g/mol. The minimum absolute atomic E-state index is 0.00612. The van der Waals surface area contributed by atoms with E-state index in [-0.39, 0.29) is 22.2 Å². The topological polar surface area (TPSA) is 92.0 Å². The van der Waals surface area contributed by atoms with Gasteiger partial charge in [0.25, 0.3) is 5.56 Å². The first-order valence-electron chi connectivity index (χ1n) is 10.6. The Labute approximate surface area is 210 Å². The third-order valence-electron chi connectivity index (χ3n) is 5.29. The molecule has 0 spiro atoms. The molecule has 0 amide bonds. The number of carbonyl (C=O) groups is 1. The molecule has 0 unspecified atom stereocenters. The SMILES string of the molecule is CC[C@H](C)c1nc2ccc(Br)cc2c(=O)n1N=Cc1cc(Cl)c(O[C@@H](C)C(=O)OC)c(OC)c1. The minimum atomic E-state index is -0.879. The summed E-state index contributed by atoms with van der Waals surface area (Å²) in [6.07, 6.45) is 1.41. The number of halogens is 2. The van der Waals surface area contributed by atoms with Crippen molar-refractivity contribution in [2.75, 3.05) is 14.2 Å². The zero-order valence-electron chi connectivity index (χ0n) is 19.5. The third-order valence-corrected chi connectivity index (χ3v) is 6.06. The Bertz CT molecular complexity index is 1310. The fraction of sp³-hybridized carbons (Fsp3) is 0.333. The summed E-state index contributed by atoms with van der Waals surface area (Å²) in [5.74, 6) is 0.528. The van der Waals surface area contributed by atoms with Crippen LogP contribution in [0.4, 0.5) is 0 Å². The molecule has 0 aliphatic carbocycles. The van der Waals surface area contributed by atoms with Crippen LogP contribution in [0.5, 0.6) is 11.5 Å². The summed E-state index contributed by atoms with van der Waals surface area (Å²) >= 11 is 9.82. The molecular formula is C24H25BrClN3O5. The van der Waals surface area contributed by atoms with Crippen molar-refractivity contribution in [1.29, 1.82) is 0 Å². The summed E-state index contributed by atoms with van der Waals surface area (Å²) in [4.78, 5) is 29.7. The molecule has 2 aromatic carbocycles. The Kier molecular flexibility index (Phi) is 8.33. The van der Waals surface area contributed by atoms with Gasteiger partial charge < -0.3 is 14.2 Å². The number of hydrogen-bond donors (Lipinski definition) is 0. The van der Waals surface area contributed by atoms with Crippen LogP contribution in [0.25, 0.3) is 10.9 Å². The summed E-state index contributed by atoms with van der Waals surface area (Å²) in [5.41, 5.74) is 0.903. The number of fused-ring (bicyclic) bond motifs is 1. The highest BCUT2D eigenvalue weighted by molar-refractivity contribution is 9.10. The van der Waals surface area contributed by atoms with Crippen LogP contribution in [0.15, 0.2) is 44.7 Å². The zero-order chi connectivity index (χ0) is 25.0. The molecule has 180 valence electrons. The number of aromatic nitrogens is 2. The second kappa shape index (κ2) is 11.0. The fourth-order valence-corrected chi connectivity index (χ4v) is 3.85. The lowest BCUT2D eigenvalue weighted by molar-refractivity contribution is -0.147. The van der Waals surface area contributed by atoms with Crippen molar-refractivity contribution in [1.82, 2.24) is 9.66 Å². The van der Waals surface area contributed by atoms with Crippen LogP contribution in [0.3, 0.4) is 0 Å². The van der Waals surface area contributed by atoms with Crippen LogP contribution in [0.2, 0.25) is 5.02 Å². The minimum Gasteiger partial charge on any atom is -0.493 e. The van der Waals surface area contributed by atoms with E-state index in [2.05, 4.69) is 25.8 Å². The standard InChI is InChI=1S/C24H25BrClN3O5/c1-6-13(2)22-28-19-8-7-16(25)11-17(19)23(30)29(22)27-12-15-9-18(26)21(20(10-15)32-4)34-14(3)24(31)33-5/h7-14H,6H2,1-5H3/t13-,14-/m0/s1. The zero-order valence-corrected chi connectivity index (χ0v) is 21.8. The summed E-state index contributed by atoms with van der Waals surface area (Å²) in [5, 5.41) is 5.11. The Hall–Kier alpha value is -2.91. The molecule has 0 radical (unpaired) electrons. The van der Waals surface area contributed by atoms with Gasteiger partial charge in [0.15, 0.2) is 17.6 Å². The van der Waals surface area contributed by atoms with Crippen molar-refractivity contribution in [2.24, 2.45) is 5.10 Å². The van der Waals surface area contributed by atoms with Gasteiger partial charge in [0.2, 0.25) is 0 Å². The quantitative estimate of drug-likeness (QED) is 0.284. The van der Waals surface area contributed by atoms with Crippen LogP contribution in [-0.4, -0.2) is 42.2 Å². The van der Waals surface area contributed by atoms with E-state index in [1.807, 2.05) is 19.9 Å². The number of nitrogens with zero attached hydrogens (tertiary/aromatic N) is 3. The smallest absolute Gasteiger partial charge is 0.346 e. The number of rotatable bonds is 8. The number of carbonyl (C=O) groups excluding carboxylic acids is 1. The van der Waals surface area contributed by atoms with Crippen molar-refractivity contribution in [2.45, 2.75) is 39.2 Å². The van der Waals surface area contributed by atoms with Gasteiger partial charge in [-0.1, -0.05) is 41.4 Å². The largest absolute Gasteiger partial charge is 0.493 e. The maximum absolute atomic E-state index is 13.3. The highest BCUT2D eigenvalue weighted by Gasteiger charge is 2.20. The summed E-state index contributed by atoms with van der Waals surface area (Å²) in [7, 11) is 2.73. The first-order chi connectivity index (χ1) is 16.2. The molecule has 2 atom stereocenters. The first kappa shape index (κ1) is 25.7. The van der Waals surface area contributed by atoms with E-state index < -0.39 is 12.1 Å². The van der Waals surface area contributed by atoms with Gasteiger partial charge in [-0.2, -0.15) is 9.78 Å². The maximum Gasteiger partial charge on any atom is 0.346 e. The highest BCUT2D eigenvalue weighted by Crippen LogP contribution is 2.37. The van der Waals surface area contributed by atoms with Crippen LogP contribution >= 0.6 is 27.5 Å². The number of benzene rings is 2. The highest BCUT2D eigenvalue weighted by atomic mass is 79.9. The third kappa shape index (κ3) is 5.42. The Balaban J connectivity index is 2.07. The summed E-state index contributed by atoms with van der Waals surface area (Å²) < 4.78 is 17.8. The molecule has 1 aromatic heterocycles. The molecule has 0 aliphatic heterocycles. The van der Waals surface area contributed by atoms with Crippen molar-refractivity contribution in [3.63, 3.8) is 0 Å². The molecule has 3 aromatic rings. The second-order valence-corrected chi connectivity index (χ2v) is 8.94. The fourth-order valence-electron chi connectivity index (χ4n) is 3.22. The van der Waals surface area contributed by atoms with Gasteiger partial charge in [0.05, 0.1) is 36.4 Å². The molecule has 0 aliphatic rings. The predicted molar refractivity (Wildman–Crippen MR) is 136 cm³/mol. The van der Waals surface area contributed by atoms with E-state index >= 15 is 0 Å². The molecular weight excluding hydrogens is 526 g/mol. The average molecular weight is 551 g/mol. The molecule has 1 heterocycles. The second-order valence-electron chi connectivity index (χ2n) is 7.62. The van der Waals surface area contributed by atoms with Crippen LogP contribution < -0.4 is 15.0 Å². The van der Waals surface area contributed by atoms with E-state index in [9.17, 15) is 9.59 Å². The summed E-state index contributed by atoms with van der Waals surface area (Å²) in [6, 6.07) is 8.63. The number of hydrogen-bond acceptors (Lipinski definition) is 7. The van der Waals surface area contributed by atoms with E-state index in [1.54, 1.807) is 31.2 Å². The van der Waals surface area contributed by atoms with Gasteiger partial charge in [0, 0.05) is 10.4 Å². The lowest BCUT2D eigenvalue weighted by Gasteiger charge is -2.17. The van der Waals surface area contributed by atoms with Gasteiger partial charge >= 0.3 is 5.97 Å². The van der Waals surface area contributed by atoms with Crippen LogP contribution in [0, 0.1) is 0 Å². The number of esters is 1. The Morgan fingerprint density at radius 1 is 1.26 bits per heavy atom. The molecule has 0 N–H and O–H groups in total. The molecule has 3 rings (SSSR count). The molecule has 0 saturated carbocycles. The molecule has 34 heavy (non-hydrogen) atoms. The van der Waals surface area contributed by atoms with E-state index in [0.717, 1.165) is 10.9 Å². The van der Waals surface area contributed by atoms with Gasteiger partial charge in [-0.15, -0.1) is 0 Å². The predicted octanol–water partition coefficient (Wildman–Crippen LogP) is 5.16. The van der Waals surface area contributed by atoms with Gasteiger partial charge in [-0.05, 0) is 49.2 Å². The Morgan fingerprint density at radius 3 is 2.65 bits per heavy atom. The van der Waals surface area contributed by atoms with Gasteiger partial charge in [0.1, 0.15) is 5.82 Å².